The molecular formula is C14H25NO3. The van der Waals surface area contributed by atoms with Crippen LogP contribution < -0.4 is 0 Å². The molecule has 0 N–H and O–H groups in total. The molecule has 0 aromatic heterocycles. The molecule has 2 saturated heterocycles. The van der Waals surface area contributed by atoms with E-state index in [0.29, 0.717) is 11.3 Å². The van der Waals surface area contributed by atoms with E-state index in [-0.39, 0.29) is 6.09 Å². The van der Waals surface area contributed by atoms with Crippen LogP contribution in [0.2, 0.25) is 0 Å². The molecule has 2 fully saturated rings. The molecule has 1 amide bonds. The quantitative estimate of drug-likeness (QED) is 0.668. The maximum atomic E-state index is 12.0. The van der Waals surface area contributed by atoms with Gasteiger partial charge in [-0.2, -0.15) is 0 Å². The summed E-state index contributed by atoms with van der Waals surface area (Å²) in [7, 11) is 0. The molecule has 18 heavy (non-hydrogen) atoms. The lowest BCUT2D eigenvalue weighted by atomic mass is 9.72. The Kier molecular flexibility index (Phi) is 3.58. The van der Waals surface area contributed by atoms with Gasteiger partial charge in [-0.1, -0.05) is 6.92 Å². The Morgan fingerprint density at radius 3 is 2.39 bits per heavy atom. The van der Waals surface area contributed by atoms with Crippen molar-refractivity contribution in [3.05, 3.63) is 0 Å². The third-order valence-corrected chi connectivity index (χ3v) is 4.21. The number of piperidine rings is 1. The average Bonchev–Trinajstić information content (AvgIpc) is 2.59. The van der Waals surface area contributed by atoms with Crippen molar-refractivity contribution in [1.29, 1.82) is 0 Å². The summed E-state index contributed by atoms with van der Waals surface area (Å²) in [5.41, 5.74) is -0.103. The lowest BCUT2D eigenvalue weighted by molar-refractivity contribution is 0.00465. The van der Waals surface area contributed by atoms with Crippen molar-refractivity contribution in [1.82, 2.24) is 4.90 Å². The van der Waals surface area contributed by atoms with Gasteiger partial charge in [0.15, 0.2) is 0 Å². The highest BCUT2D eigenvalue weighted by atomic mass is 16.6. The standard InChI is InChI=1S/C14H25NO3/c1-11-9-17-10-14(11)5-7-15(8-6-14)12(16)18-13(2,3)4/h11H,5-10H2,1-4H3. The highest BCUT2D eigenvalue weighted by Crippen LogP contribution is 2.43. The van der Waals surface area contributed by atoms with Gasteiger partial charge in [0.25, 0.3) is 0 Å². The van der Waals surface area contributed by atoms with Crippen LogP contribution in [-0.2, 0) is 9.47 Å². The number of likely N-dealkylation sites (tertiary alicyclic amines) is 1. The van der Waals surface area contributed by atoms with Crippen molar-refractivity contribution >= 4 is 6.09 Å². The summed E-state index contributed by atoms with van der Waals surface area (Å²) in [6.07, 6.45) is 1.89. The Bertz CT molecular complexity index is 313. The number of carbonyl (C=O) groups excluding carboxylic acids is 1. The molecule has 4 nitrogen and oxygen atoms in total. The first-order valence-corrected chi connectivity index (χ1v) is 6.88. The number of hydrogen-bond donors (Lipinski definition) is 0. The first kappa shape index (κ1) is 13.7. The zero-order valence-electron chi connectivity index (χ0n) is 12.0. The molecule has 2 rings (SSSR count). The Labute approximate surface area is 110 Å². The molecule has 1 spiro atoms. The third kappa shape index (κ3) is 2.79. The molecule has 0 saturated carbocycles. The molecule has 2 aliphatic rings. The van der Waals surface area contributed by atoms with Crippen molar-refractivity contribution < 1.29 is 14.3 Å². The highest BCUT2D eigenvalue weighted by Gasteiger charge is 2.44. The van der Waals surface area contributed by atoms with Crippen LogP contribution in [0, 0.1) is 11.3 Å². The van der Waals surface area contributed by atoms with Crippen molar-refractivity contribution in [3.8, 4) is 0 Å². The number of ether oxygens (including phenoxy) is 2. The van der Waals surface area contributed by atoms with E-state index in [0.717, 1.165) is 39.1 Å². The van der Waals surface area contributed by atoms with Crippen molar-refractivity contribution in [2.75, 3.05) is 26.3 Å². The van der Waals surface area contributed by atoms with Gasteiger partial charge in [0.05, 0.1) is 6.61 Å². The first-order valence-electron chi connectivity index (χ1n) is 6.88. The van der Waals surface area contributed by atoms with Crippen LogP contribution in [0.3, 0.4) is 0 Å². The summed E-state index contributed by atoms with van der Waals surface area (Å²) in [5.74, 6) is 0.610. The number of nitrogens with zero attached hydrogens (tertiary/aromatic N) is 1. The van der Waals surface area contributed by atoms with Gasteiger partial charge in [-0.05, 0) is 39.5 Å². The van der Waals surface area contributed by atoms with Crippen LogP contribution in [0.4, 0.5) is 4.79 Å². The summed E-state index contributed by atoms with van der Waals surface area (Å²) in [5, 5.41) is 0. The zero-order valence-corrected chi connectivity index (χ0v) is 12.0. The predicted molar refractivity (Wildman–Crippen MR) is 69.5 cm³/mol. The van der Waals surface area contributed by atoms with Crippen LogP contribution in [0.25, 0.3) is 0 Å². The molecular weight excluding hydrogens is 230 g/mol. The smallest absolute Gasteiger partial charge is 0.410 e. The minimum atomic E-state index is -0.407. The van der Waals surface area contributed by atoms with Gasteiger partial charge < -0.3 is 14.4 Å². The predicted octanol–water partition coefficient (Wildman–Crippen LogP) is 2.67. The Balaban J connectivity index is 1.89. The van der Waals surface area contributed by atoms with Gasteiger partial charge in [0.1, 0.15) is 5.60 Å². The maximum absolute atomic E-state index is 12.0. The summed E-state index contributed by atoms with van der Waals surface area (Å²) in [6, 6.07) is 0. The SMILES string of the molecule is CC1COCC12CCN(C(=O)OC(C)(C)C)CC2. The molecule has 0 bridgehead atoms. The Morgan fingerprint density at radius 2 is 1.94 bits per heavy atom. The first-order chi connectivity index (χ1) is 8.32. The molecule has 2 heterocycles. The second kappa shape index (κ2) is 4.72. The Hall–Kier alpha value is -0.770. The van der Waals surface area contributed by atoms with E-state index in [1.165, 1.54) is 0 Å². The van der Waals surface area contributed by atoms with E-state index in [4.69, 9.17) is 9.47 Å². The van der Waals surface area contributed by atoms with Gasteiger partial charge in [0, 0.05) is 25.1 Å². The van der Waals surface area contributed by atoms with E-state index < -0.39 is 5.60 Å². The average molecular weight is 255 g/mol. The summed E-state index contributed by atoms with van der Waals surface area (Å²) in [4.78, 5) is 13.8. The van der Waals surface area contributed by atoms with Gasteiger partial charge in [-0.3, -0.25) is 0 Å². The number of carbonyl (C=O) groups is 1. The molecule has 0 aromatic carbocycles. The van der Waals surface area contributed by atoms with Crippen LogP contribution >= 0.6 is 0 Å². The van der Waals surface area contributed by atoms with Crippen molar-refractivity contribution in [2.45, 2.75) is 46.1 Å². The molecule has 1 unspecified atom stereocenters. The third-order valence-electron chi connectivity index (χ3n) is 4.21. The van der Waals surface area contributed by atoms with Crippen molar-refractivity contribution in [3.63, 3.8) is 0 Å². The summed E-state index contributed by atoms with van der Waals surface area (Å²) >= 11 is 0. The van der Waals surface area contributed by atoms with Crippen LogP contribution in [0.5, 0.6) is 0 Å². The zero-order chi connectivity index (χ0) is 13.4. The van der Waals surface area contributed by atoms with Gasteiger partial charge in [0.2, 0.25) is 0 Å². The van der Waals surface area contributed by atoms with E-state index in [1.54, 1.807) is 0 Å². The number of amides is 1. The van der Waals surface area contributed by atoms with Crippen LogP contribution in [-0.4, -0.2) is 42.9 Å². The maximum Gasteiger partial charge on any atom is 0.410 e. The molecule has 0 aliphatic carbocycles. The fourth-order valence-corrected chi connectivity index (χ4v) is 2.86. The lowest BCUT2D eigenvalue weighted by Crippen LogP contribution is -2.47. The molecule has 4 heteroatoms. The van der Waals surface area contributed by atoms with Crippen molar-refractivity contribution in [2.24, 2.45) is 11.3 Å². The minimum absolute atomic E-state index is 0.177. The van der Waals surface area contributed by atoms with Gasteiger partial charge in [-0.15, -0.1) is 0 Å². The summed E-state index contributed by atoms with van der Waals surface area (Å²) in [6.45, 7) is 11.3. The number of rotatable bonds is 0. The minimum Gasteiger partial charge on any atom is -0.444 e. The molecule has 2 aliphatic heterocycles. The number of hydrogen-bond acceptors (Lipinski definition) is 3. The monoisotopic (exact) mass is 255 g/mol. The fraction of sp³-hybridized carbons (Fsp3) is 0.929. The van der Waals surface area contributed by atoms with E-state index in [2.05, 4.69) is 6.92 Å². The van der Waals surface area contributed by atoms with E-state index in [9.17, 15) is 4.79 Å². The molecule has 104 valence electrons. The molecule has 0 aromatic rings. The largest absolute Gasteiger partial charge is 0.444 e. The molecule has 0 radical (unpaired) electrons. The summed E-state index contributed by atoms with van der Waals surface area (Å²) < 4.78 is 11.0. The fourth-order valence-electron chi connectivity index (χ4n) is 2.86. The van der Waals surface area contributed by atoms with E-state index in [1.807, 2.05) is 25.7 Å². The van der Waals surface area contributed by atoms with Crippen LogP contribution in [0.1, 0.15) is 40.5 Å². The Morgan fingerprint density at radius 1 is 1.33 bits per heavy atom. The van der Waals surface area contributed by atoms with Gasteiger partial charge in [-0.25, -0.2) is 4.79 Å². The van der Waals surface area contributed by atoms with E-state index >= 15 is 0 Å². The molecule has 1 atom stereocenters. The normalized spacial score (nSPS) is 27.6. The van der Waals surface area contributed by atoms with Crippen LogP contribution in [0.15, 0.2) is 0 Å². The second-order valence-corrected chi connectivity index (χ2v) is 6.75. The second-order valence-electron chi connectivity index (χ2n) is 6.75. The highest BCUT2D eigenvalue weighted by molar-refractivity contribution is 5.68. The lowest BCUT2D eigenvalue weighted by Gasteiger charge is -2.41. The van der Waals surface area contributed by atoms with Gasteiger partial charge >= 0.3 is 6.09 Å². The topological polar surface area (TPSA) is 38.8 Å².